The van der Waals surface area contributed by atoms with E-state index in [4.69, 9.17) is 4.42 Å². The molecule has 6 nitrogen and oxygen atoms in total. The summed E-state index contributed by atoms with van der Waals surface area (Å²) >= 11 is 1.31. The summed E-state index contributed by atoms with van der Waals surface area (Å²) < 4.78 is 19.4. The lowest BCUT2D eigenvalue weighted by Crippen LogP contribution is -2.30. The molecular formula is C27H20FN3O3S. The molecule has 0 unspecified atom stereocenters. The van der Waals surface area contributed by atoms with E-state index in [1.165, 1.54) is 23.5 Å². The number of benzene rings is 2. The molecular weight excluding hydrogens is 465 g/mol. The van der Waals surface area contributed by atoms with E-state index >= 15 is 0 Å². The number of rotatable bonds is 7. The standard InChI is InChI=1S/C27H20FN3O3S/c28-20-11-9-18(10-12-20)16-31(17-19-5-3-13-29-15-19)27(33)25-24(21-6-1-2-7-22(21)34-25)30-26(32)23-8-4-14-35-23/h1-15H,16-17H2,(H,30,32). The van der Waals surface area contributed by atoms with Gasteiger partial charge in [-0.1, -0.05) is 36.4 Å². The zero-order valence-corrected chi connectivity index (χ0v) is 19.3. The Morgan fingerprint density at radius 3 is 2.49 bits per heavy atom. The molecule has 1 N–H and O–H groups in total. The van der Waals surface area contributed by atoms with Crippen molar-refractivity contribution in [1.29, 1.82) is 0 Å². The second-order valence-corrected chi connectivity index (χ2v) is 8.83. The number of nitrogens with one attached hydrogen (secondary N) is 1. The molecule has 3 aromatic heterocycles. The Bertz CT molecular complexity index is 1470. The van der Waals surface area contributed by atoms with Crippen LogP contribution in [0.3, 0.4) is 0 Å². The van der Waals surface area contributed by atoms with Crippen molar-refractivity contribution in [2.45, 2.75) is 13.1 Å². The van der Waals surface area contributed by atoms with Gasteiger partial charge in [-0.2, -0.15) is 0 Å². The van der Waals surface area contributed by atoms with Crippen LogP contribution in [0.5, 0.6) is 0 Å². The van der Waals surface area contributed by atoms with E-state index in [2.05, 4.69) is 10.3 Å². The van der Waals surface area contributed by atoms with Crippen LogP contribution in [0.2, 0.25) is 0 Å². The highest BCUT2D eigenvalue weighted by atomic mass is 32.1. The first-order valence-electron chi connectivity index (χ1n) is 10.9. The number of aromatic nitrogens is 1. The predicted molar refractivity (Wildman–Crippen MR) is 133 cm³/mol. The molecule has 0 aliphatic heterocycles. The Balaban J connectivity index is 1.53. The number of halogens is 1. The normalized spacial score (nSPS) is 10.9. The zero-order valence-electron chi connectivity index (χ0n) is 18.5. The van der Waals surface area contributed by atoms with Gasteiger partial charge in [0.1, 0.15) is 17.1 Å². The third kappa shape index (κ3) is 4.97. The number of anilines is 1. The van der Waals surface area contributed by atoms with Crippen molar-refractivity contribution >= 4 is 39.8 Å². The van der Waals surface area contributed by atoms with E-state index in [0.29, 0.717) is 21.5 Å². The summed E-state index contributed by atoms with van der Waals surface area (Å²) in [5.74, 6) is -1.05. The van der Waals surface area contributed by atoms with Crippen LogP contribution in [-0.2, 0) is 13.1 Å². The smallest absolute Gasteiger partial charge is 0.292 e. The SMILES string of the molecule is O=C(Nc1c(C(=O)N(Cc2ccc(F)cc2)Cc2cccnc2)oc2ccccc12)c1cccs1. The average molecular weight is 486 g/mol. The number of hydrogen-bond donors (Lipinski definition) is 1. The summed E-state index contributed by atoms with van der Waals surface area (Å²) in [6.07, 6.45) is 3.34. The molecule has 0 spiro atoms. The van der Waals surface area contributed by atoms with Crippen LogP contribution in [0.15, 0.2) is 95.0 Å². The molecule has 0 saturated heterocycles. The Morgan fingerprint density at radius 2 is 1.74 bits per heavy atom. The van der Waals surface area contributed by atoms with Gasteiger partial charge in [0.2, 0.25) is 5.76 Å². The van der Waals surface area contributed by atoms with Gasteiger partial charge in [0.05, 0.1) is 4.88 Å². The number of nitrogens with zero attached hydrogens (tertiary/aromatic N) is 2. The number of thiophene rings is 1. The average Bonchev–Trinajstić information content (AvgIpc) is 3.54. The summed E-state index contributed by atoms with van der Waals surface area (Å²) in [5.41, 5.74) is 2.38. The van der Waals surface area contributed by atoms with E-state index in [1.54, 1.807) is 65.8 Å². The van der Waals surface area contributed by atoms with Crippen molar-refractivity contribution in [3.05, 3.63) is 118 Å². The lowest BCUT2D eigenvalue weighted by atomic mass is 10.1. The Hall–Kier alpha value is -4.30. The van der Waals surface area contributed by atoms with Crippen molar-refractivity contribution in [1.82, 2.24) is 9.88 Å². The molecule has 3 heterocycles. The van der Waals surface area contributed by atoms with Crippen LogP contribution in [0, 0.1) is 5.82 Å². The largest absolute Gasteiger partial charge is 0.449 e. The van der Waals surface area contributed by atoms with Crippen molar-refractivity contribution in [2.75, 3.05) is 5.32 Å². The Morgan fingerprint density at radius 1 is 0.943 bits per heavy atom. The van der Waals surface area contributed by atoms with Crippen LogP contribution in [-0.4, -0.2) is 21.7 Å². The van der Waals surface area contributed by atoms with Gasteiger partial charge < -0.3 is 14.6 Å². The lowest BCUT2D eigenvalue weighted by Gasteiger charge is -2.22. The van der Waals surface area contributed by atoms with Crippen LogP contribution in [0.4, 0.5) is 10.1 Å². The number of pyridine rings is 1. The van der Waals surface area contributed by atoms with E-state index < -0.39 is 5.91 Å². The van der Waals surface area contributed by atoms with Crippen molar-refractivity contribution in [2.24, 2.45) is 0 Å². The maximum atomic E-state index is 13.9. The number of carbonyl (C=O) groups excluding carboxylic acids is 2. The molecule has 0 fully saturated rings. The number of fused-ring (bicyclic) bond motifs is 1. The second kappa shape index (κ2) is 9.90. The number of carbonyl (C=O) groups is 2. The van der Waals surface area contributed by atoms with Crippen LogP contribution in [0.25, 0.3) is 11.0 Å². The maximum Gasteiger partial charge on any atom is 0.292 e. The Labute approximate surface area is 204 Å². The fraction of sp³-hybridized carbons (Fsp3) is 0.0741. The first-order chi connectivity index (χ1) is 17.1. The number of amides is 2. The molecule has 0 radical (unpaired) electrons. The number of furan rings is 1. The third-order valence-electron chi connectivity index (χ3n) is 5.44. The fourth-order valence-corrected chi connectivity index (χ4v) is 4.39. The summed E-state index contributed by atoms with van der Waals surface area (Å²) in [5, 5.41) is 5.32. The zero-order chi connectivity index (χ0) is 24.2. The van der Waals surface area contributed by atoms with Gasteiger partial charge in [0.15, 0.2) is 0 Å². The maximum absolute atomic E-state index is 13.9. The number of hydrogen-bond acceptors (Lipinski definition) is 5. The van der Waals surface area contributed by atoms with Crippen LogP contribution < -0.4 is 5.32 Å². The minimum absolute atomic E-state index is 0.0297. The Kier molecular flexibility index (Phi) is 6.36. The highest BCUT2D eigenvalue weighted by molar-refractivity contribution is 7.12. The quantitative estimate of drug-likeness (QED) is 0.301. The van der Waals surface area contributed by atoms with Crippen LogP contribution >= 0.6 is 11.3 Å². The molecule has 2 aromatic carbocycles. The molecule has 0 aliphatic rings. The summed E-state index contributed by atoms with van der Waals surface area (Å²) in [6.45, 7) is 0.461. The highest BCUT2D eigenvalue weighted by Crippen LogP contribution is 2.33. The second-order valence-electron chi connectivity index (χ2n) is 7.88. The minimum atomic E-state index is -0.407. The molecule has 2 amide bonds. The molecule has 0 bridgehead atoms. The number of para-hydroxylation sites is 1. The molecule has 0 atom stereocenters. The molecule has 5 rings (SSSR count). The topological polar surface area (TPSA) is 75.4 Å². The van der Waals surface area contributed by atoms with E-state index in [9.17, 15) is 14.0 Å². The summed E-state index contributed by atoms with van der Waals surface area (Å²) in [4.78, 5) is 33.0. The lowest BCUT2D eigenvalue weighted by molar-refractivity contribution is 0.0701. The first-order valence-corrected chi connectivity index (χ1v) is 11.8. The third-order valence-corrected chi connectivity index (χ3v) is 6.31. The minimum Gasteiger partial charge on any atom is -0.449 e. The van der Waals surface area contributed by atoms with E-state index in [-0.39, 0.29) is 30.6 Å². The van der Waals surface area contributed by atoms with E-state index in [0.717, 1.165) is 11.1 Å². The van der Waals surface area contributed by atoms with Crippen LogP contribution in [0.1, 0.15) is 31.4 Å². The molecule has 5 aromatic rings. The van der Waals surface area contributed by atoms with Gasteiger partial charge in [0.25, 0.3) is 11.8 Å². The molecule has 8 heteroatoms. The van der Waals surface area contributed by atoms with Gasteiger partial charge in [0, 0.05) is 30.9 Å². The first kappa shape index (κ1) is 22.5. The summed E-state index contributed by atoms with van der Waals surface area (Å²) in [6, 6.07) is 20.3. The van der Waals surface area contributed by atoms with Crippen molar-refractivity contribution < 1.29 is 18.4 Å². The monoisotopic (exact) mass is 485 g/mol. The fourth-order valence-electron chi connectivity index (χ4n) is 3.77. The summed E-state index contributed by atoms with van der Waals surface area (Å²) in [7, 11) is 0. The van der Waals surface area contributed by atoms with E-state index in [1.807, 2.05) is 17.5 Å². The van der Waals surface area contributed by atoms with Crippen molar-refractivity contribution in [3.63, 3.8) is 0 Å². The molecule has 35 heavy (non-hydrogen) atoms. The highest BCUT2D eigenvalue weighted by Gasteiger charge is 2.27. The molecule has 0 saturated carbocycles. The van der Waals surface area contributed by atoms with Gasteiger partial charge >= 0.3 is 0 Å². The van der Waals surface area contributed by atoms with Crippen molar-refractivity contribution in [3.8, 4) is 0 Å². The molecule has 174 valence electrons. The van der Waals surface area contributed by atoms with Gasteiger partial charge in [-0.3, -0.25) is 14.6 Å². The van der Waals surface area contributed by atoms with Gasteiger partial charge in [-0.05, 0) is 52.9 Å². The predicted octanol–water partition coefficient (Wildman–Crippen LogP) is 6.12. The van der Waals surface area contributed by atoms with Gasteiger partial charge in [-0.25, -0.2) is 4.39 Å². The molecule has 0 aliphatic carbocycles. The van der Waals surface area contributed by atoms with Gasteiger partial charge in [-0.15, -0.1) is 11.3 Å².